The third-order valence-corrected chi connectivity index (χ3v) is 4.48. The highest BCUT2D eigenvalue weighted by Gasteiger charge is 2.32. The van der Waals surface area contributed by atoms with Gasteiger partial charge in [0.05, 0.1) is 5.92 Å². The Labute approximate surface area is 117 Å². The average Bonchev–Trinajstić information content (AvgIpc) is 2.87. The summed E-state index contributed by atoms with van der Waals surface area (Å²) in [5, 5.41) is 0.638. The molecule has 0 aromatic heterocycles. The molecule has 1 fully saturated rings. The molecule has 0 N–H and O–H groups in total. The Bertz CT molecular complexity index is 560. The topological polar surface area (TPSA) is 41.8 Å². The molecule has 3 rings (SSSR count). The fraction of sp³-hybridized carbons (Fsp3) is 0.400. The number of thioether (sulfide) groups is 1. The van der Waals surface area contributed by atoms with Crippen molar-refractivity contribution in [2.75, 3.05) is 0 Å². The second-order valence-electron chi connectivity index (χ2n) is 5.05. The molecule has 0 spiro atoms. The van der Waals surface area contributed by atoms with Crippen LogP contribution in [0.5, 0.6) is 0 Å². The van der Waals surface area contributed by atoms with E-state index < -0.39 is 0 Å². The van der Waals surface area contributed by atoms with Gasteiger partial charge in [0, 0.05) is 11.5 Å². The maximum absolute atomic E-state index is 11.9. The number of aryl methyl sites for hydroxylation is 1. The molecule has 98 valence electrons. The molecule has 1 heterocycles. The number of fused-ring (bicyclic) bond motifs is 1. The van der Waals surface area contributed by atoms with Crippen molar-refractivity contribution in [3.63, 3.8) is 0 Å². The van der Waals surface area contributed by atoms with Gasteiger partial charge in [-0.1, -0.05) is 41.6 Å². The molecule has 1 aliphatic carbocycles. The number of benzene rings is 1. The number of hydrogen-bond acceptors (Lipinski definition) is 3. The zero-order valence-electron chi connectivity index (χ0n) is 10.9. The Kier molecular flexibility index (Phi) is 3.51. The van der Waals surface area contributed by atoms with Crippen molar-refractivity contribution in [2.24, 2.45) is 15.9 Å². The minimum Gasteiger partial charge on any atom is -0.272 e. The summed E-state index contributed by atoms with van der Waals surface area (Å²) in [4.78, 5) is 20.5. The lowest BCUT2D eigenvalue weighted by molar-refractivity contribution is -0.119. The molecular weight excluding hydrogens is 256 g/mol. The van der Waals surface area contributed by atoms with E-state index in [1.807, 2.05) is 0 Å². The first kappa shape index (κ1) is 12.6. The lowest BCUT2D eigenvalue weighted by Crippen LogP contribution is -2.22. The van der Waals surface area contributed by atoms with Gasteiger partial charge in [0.1, 0.15) is 0 Å². The lowest BCUT2D eigenvalue weighted by Gasteiger charge is -2.13. The van der Waals surface area contributed by atoms with E-state index in [9.17, 15) is 4.79 Å². The summed E-state index contributed by atoms with van der Waals surface area (Å²) < 4.78 is 0. The number of amidine groups is 1. The summed E-state index contributed by atoms with van der Waals surface area (Å²) in [7, 11) is 0. The average molecular weight is 272 g/mol. The van der Waals surface area contributed by atoms with Gasteiger partial charge in [0.25, 0.3) is 5.91 Å². The molecule has 1 unspecified atom stereocenters. The largest absolute Gasteiger partial charge is 0.272 e. The maximum Gasteiger partial charge on any atom is 0.256 e. The van der Waals surface area contributed by atoms with Gasteiger partial charge in [-0.2, -0.15) is 4.99 Å². The summed E-state index contributed by atoms with van der Waals surface area (Å²) in [5.41, 5.74) is 3.54. The SMILES string of the molecule is Cc1ccc(CSC2=NC(=O)C3CCCC3=N2)cc1. The van der Waals surface area contributed by atoms with E-state index in [0.29, 0.717) is 5.17 Å². The fourth-order valence-corrected chi connectivity index (χ4v) is 3.27. The molecule has 3 nitrogen and oxygen atoms in total. The Morgan fingerprint density at radius 2 is 2.05 bits per heavy atom. The van der Waals surface area contributed by atoms with Gasteiger partial charge in [-0.05, 0) is 31.7 Å². The van der Waals surface area contributed by atoms with Gasteiger partial charge in [-0.3, -0.25) is 4.79 Å². The molecule has 1 aliphatic heterocycles. The van der Waals surface area contributed by atoms with Crippen LogP contribution in [0, 0.1) is 12.8 Å². The third kappa shape index (κ3) is 2.78. The number of rotatable bonds is 2. The molecule has 1 saturated carbocycles. The lowest BCUT2D eigenvalue weighted by atomic mass is 10.1. The first-order valence-corrected chi connectivity index (χ1v) is 7.59. The van der Waals surface area contributed by atoms with Gasteiger partial charge in [0.2, 0.25) is 0 Å². The van der Waals surface area contributed by atoms with E-state index >= 15 is 0 Å². The number of hydrogen-bond donors (Lipinski definition) is 0. The molecule has 0 bridgehead atoms. The van der Waals surface area contributed by atoms with E-state index in [2.05, 4.69) is 41.2 Å². The Balaban J connectivity index is 1.67. The van der Waals surface area contributed by atoms with E-state index in [1.54, 1.807) is 11.8 Å². The molecule has 0 saturated heterocycles. The van der Waals surface area contributed by atoms with Crippen molar-refractivity contribution in [3.05, 3.63) is 35.4 Å². The molecule has 2 aliphatic rings. The highest BCUT2D eigenvalue weighted by molar-refractivity contribution is 8.13. The number of carbonyl (C=O) groups is 1. The predicted octanol–water partition coefficient (Wildman–Crippen LogP) is 3.37. The van der Waals surface area contributed by atoms with E-state index in [-0.39, 0.29) is 11.8 Å². The van der Waals surface area contributed by atoms with E-state index in [0.717, 1.165) is 30.7 Å². The normalized spacial score (nSPS) is 21.9. The van der Waals surface area contributed by atoms with Gasteiger partial charge in [-0.15, -0.1) is 0 Å². The van der Waals surface area contributed by atoms with Gasteiger partial charge in [-0.25, -0.2) is 4.99 Å². The van der Waals surface area contributed by atoms with Crippen LogP contribution in [0.3, 0.4) is 0 Å². The molecule has 1 atom stereocenters. The molecular formula is C15H16N2OS. The van der Waals surface area contributed by atoms with Crippen molar-refractivity contribution >= 4 is 28.5 Å². The van der Waals surface area contributed by atoms with Crippen LogP contribution in [0.25, 0.3) is 0 Å². The van der Waals surface area contributed by atoms with Crippen LogP contribution in [0.1, 0.15) is 30.4 Å². The zero-order chi connectivity index (χ0) is 13.2. The second kappa shape index (κ2) is 5.29. The standard InChI is InChI=1S/C15H16N2OS/c1-10-5-7-11(8-6-10)9-19-15-16-13-4-2-3-12(13)14(18)17-15/h5-8,12H,2-4,9H2,1H3. The molecule has 4 heteroatoms. The molecule has 1 amide bonds. The van der Waals surface area contributed by atoms with Gasteiger partial charge in [0.15, 0.2) is 5.17 Å². The van der Waals surface area contributed by atoms with Crippen LogP contribution in [-0.4, -0.2) is 16.8 Å². The first-order chi connectivity index (χ1) is 9.22. The molecule has 1 aromatic rings. The zero-order valence-corrected chi connectivity index (χ0v) is 11.7. The molecule has 1 aromatic carbocycles. The van der Waals surface area contributed by atoms with Crippen LogP contribution in [0.2, 0.25) is 0 Å². The smallest absolute Gasteiger partial charge is 0.256 e. The highest BCUT2D eigenvalue weighted by atomic mass is 32.2. The number of amides is 1. The van der Waals surface area contributed by atoms with Crippen molar-refractivity contribution in [1.29, 1.82) is 0 Å². The summed E-state index contributed by atoms with van der Waals surface area (Å²) in [5.74, 6) is 0.811. The minimum atomic E-state index is -0.0104. The Morgan fingerprint density at radius 1 is 1.26 bits per heavy atom. The predicted molar refractivity (Wildman–Crippen MR) is 79.7 cm³/mol. The minimum absolute atomic E-state index is 0.00825. The quantitative estimate of drug-likeness (QED) is 0.828. The van der Waals surface area contributed by atoms with Gasteiger partial charge < -0.3 is 0 Å². The Morgan fingerprint density at radius 3 is 2.84 bits per heavy atom. The van der Waals surface area contributed by atoms with E-state index in [1.165, 1.54) is 11.1 Å². The van der Waals surface area contributed by atoms with E-state index in [4.69, 9.17) is 0 Å². The number of carbonyl (C=O) groups excluding carboxylic acids is 1. The Hall–Kier alpha value is -1.42. The van der Waals surface area contributed by atoms with Crippen LogP contribution in [-0.2, 0) is 10.5 Å². The summed E-state index contributed by atoms with van der Waals surface area (Å²) in [6.07, 6.45) is 2.96. The first-order valence-electron chi connectivity index (χ1n) is 6.61. The van der Waals surface area contributed by atoms with Crippen LogP contribution >= 0.6 is 11.8 Å². The van der Waals surface area contributed by atoms with Crippen molar-refractivity contribution in [1.82, 2.24) is 0 Å². The van der Waals surface area contributed by atoms with Crippen LogP contribution in [0.4, 0.5) is 0 Å². The fourth-order valence-electron chi connectivity index (χ4n) is 2.44. The summed E-state index contributed by atoms with van der Waals surface area (Å²) in [6.45, 7) is 2.08. The van der Waals surface area contributed by atoms with Crippen molar-refractivity contribution < 1.29 is 4.79 Å². The number of aliphatic imine (C=N–C) groups is 2. The van der Waals surface area contributed by atoms with Crippen LogP contribution < -0.4 is 0 Å². The van der Waals surface area contributed by atoms with Gasteiger partial charge >= 0.3 is 0 Å². The van der Waals surface area contributed by atoms with Crippen molar-refractivity contribution in [3.8, 4) is 0 Å². The van der Waals surface area contributed by atoms with Crippen LogP contribution in [0.15, 0.2) is 34.3 Å². The highest BCUT2D eigenvalue weighted by Crippen LogP contribution is 2.29. The van der Waals surface area contributed by atoms with Crippen molar-refractivity contribution in [2.45, 2.75) is 31.9 Å². The third-order valence-electron chi connectivity index (χ3n) is 3.56. The number of nitrogens with zero attached hydrogens (tertiary/aromatic N) is 2. The monoisotopic (exact) mass is 272 g/mol. The summed E-state index contributed by atoms with van der Waals surface area (Å²) >= 11 is 1.55. The summed E-state index contributed by atoms with van der Waals surface area (Å²) in [6, 6.07) is 8.42. The molecule has 0 radical (unpaired) electrons. The molecule has 19 heavy (non-hydrogen) atoms. The maximum atomic E-state index is 11.9. The second-order valence-corrected chi connectivity index (χ2v) is 6.00.